The van der Waals surface area contributed by atoms with E-state index in [2.05, 4.69) is 21.9 Å². The number of nitrogens with one attached hydrogen (secondary N) is 1. The zero-order chi connectivity index (χ0) is 24.1. The highest BCUT2D eigenvalue weighted by atomic mass is 32.2. The summed E-state index contributed by atoms with van der Waals surface area (Å²) in [5.41, 5.74) is 4.86. The van der Waals surface area contributed by atoms with Crippen molar-refractivity contribution in [1.29, 1.82) is 0 Å². The summed E-state index contributed by atoms with van der Waals surface area (Å²) in [7, 11) is 0. The van der Waals surface area contributed by atoms with E-state index in [4.69, 9.17) is 4.74 Å². The van der Waals surface area contributed by atoms with Gasteiger partial charge in [0.15, 0.2) is 5.17 Å². The third kappa shape index (κ3) is 5.12. The lowest BCUT2D eigenvalue weighted by molar-refractivity contribution is -0.138. The topological polar surface area (TPSA) is 83.9 Å². The molecule has 8 heteroatoms. The quantitative estimate of drug-likeness (QED) is 0.451. The van der Waals surface area contributed by atoms with E-state index in [1.54, 1.807) is 12.4 Å². The van der Waals surface area contributed by atoms with Crippen LogP contribution in [0.1, 0.15) is 36.1 Å². The van der Waals surface area contributed by atoms with Crippen LogP contribution < -0.4 is 5.32 Å². The first-order chi connectivity index (χ1) is 16.5. The molecule has 1 aromatic heterocycles. The summed E-state index contributed by atoms with van der Waals surface area (Å²) >= 11 is 1.45. The van der Waals surface area contributed by atoms with E-state index < -0.39 is 12.0 Å². The van der Waals surface area contributed by atoms with Crippen LogP contribution in [-0.4, -0.2) is 33.5 Å². The fourth-order valence-electron chi connectivity index (χ4n) is 3.84. The molecule has 0 radical (unpaired) electrons. The van der Waals surface area contributed by atoms with Crippen molar-refractivity contribution in [1.82, 2.24) is 15.2 Å². The van der Waals surface area contributed by atoms with Gasteiger partial charge in [0.05, 0.1) is 23.7 Å². The Morgan fingerprint density at radius 1 is 1.18 bits per heavy atom. The summed E-state index contributed by atoms with van der Waals surface area (Å²) in [6.07, 6.45) is 5.09. The predicted molar refractivity (Wildman–Crippen MR) is 133 cm³/mol. The number of pyridine rings is 1. The van der Waals surface area contributed by atoms with Crippen molar-refractivity contribution in [3.63, 3.8) is 0 Å². The monoisotopic (exact) mass is 474 g/mol. The maximum absolute atomic E-state index is 13.1. The van der Waals surface area contributed by atoms with Crippen molar-refractivity contribution in [3.8, 4) is 0 Å². The van der Waals surface area contributed by atoms with Gasteiger partial charge in [-0.05, 0) is 42.5 Å². The predicted octanol–water partition coefficient (Wildman–Crippen LogP) is 4.40. The summed E-state index contributed by atoms with van der Waals surface area (Å²) in [5, 5.41) is 5.62. The van der Waals surface area contributed by atoms with E-state index in [-0.39, 0.29) is 18.9 Å². The van der Waals surface area contributed by atoms with Crippen LogP contribution in [-0.2, 0) is 20.9 Å². The van der Waals surface area contributed by atoms with Gasteiger partial charge in [-0.25, -0.2) is 9.79 Å². The number of fused-ring (bicyclic) bond motifs is 1. The highest BCUT2D eigenvalue weighted by molar-refractivity contribution is 8.16. The van der Waals surface area contributed by atoms with Crippen molar-refractivity contribution in [2.75, 3.05) is 6.61 Å². The lowest BCUT2D eigenvalue weighted by Crippen LogP contribution is -2.38. The Kier molecular flexibility index (Phi) is 7.27. The average Bonchev–Trinajstić information content (AvgIpc) is 3.23. The Balaban J connectivity index is 1.60. The third-order valence-electron chi connectivity index (χ3n) is 5.53. The van der Waals surface area contributed by atoms with Crippen molar-refractivity contribution in [3.05, 3.63) is 101 Å². The first-order valence-corrected chi connectivity index (χ1v) is 11.8. The Morgan fingerprint density at radius 3 is 2.62 bits per heavy atom. The number of aryl methyl sites for hydroxylation is 1. The SMILES string of the molecule is C=CCOC(=O)C1=C(C)N=C2SC=C(CC(=O)NCc3ccncc3)N2C1c1ccc(C)cc1. The van der Waals surface area contributed by atoms with E-state index in [0.29, 0.717) is 17.8 Å². The number of thioether (sulfide) groups is 1. The highest BCUT2D eigenvalue weighted by Crippen LogP contribution is 2.44. The second-order valence-electron chi connectivity index (χ2n) is 8.00. The summed E-state index contributed by atoms with van der Waals surface area (Å²) in [6.45, 7) is 7.99. The first kappa shape index (κ1) is 23.5. The number of aliphatic imine (C=N–C) groups is 1. The Morgan fingerprint density at radius 2 is 1.91 bits per heavy atom. The lowest BCUT2D eigenvalue weighted by Gasteiger charge is -2.36. The van der Waals surface area contributed by atoms with Gasteiger partial charge in [-0.2, -0.15) is 0 Å². The van der Waals surface area contributed by atoms with Crippen LogP contribution >= 0.6 is 11.8 Å². The number of amides is 1. The molecule has 3 heterocycles. The number of esters is 1. The molecule has 1 amide bonds. The van der Waals surface area contributed by atoms with Crippen molar-refractivity contribution in [2.24, 2.45) is 4.99 Å². The normalized spacial score (nSPS) is 17.0. The number of carbonyl (C=O) groups excluding carboxylic acids is 2. The van der Waals surface area contributed by atoms with Gasteiger partial charge >= 0.3 is 5.97 Å². The number of hydrogen-bond acceptors (Lipinski definition) is 7. The van der Waals surface area contributed by atoms with Crippen molar-refractivity contribution in [2.45, 2.75) is 32.9 Å². The van der Waals surface area contributed by atoms with Crippen LogP contribution in [0.3, 0.4) is 0 Å². The van der Waals surface area contributed by atoms with Crippen LogP contribution in [0.5, 0.6) is 0 Å². The highest BCUT2D eigenvalue weighted by Gasteiger charge is 2.41. The molecule has 0 spiro atoms. The van der Waals surface area contributed by atoms with Gasteiger partial charge in [-0.3, -0.25) is 9.78 Å². The second-order valence-corrected chi connectivity index (χ2v) is 8.84. The van der Waals surface area contributed by atoms with Gasteiger partial charge in [0.1, 0.15) is 6.61 Å². The van der Waals surface area contributed by atoms with E-state index in [1.165, 1.54) is 17.8 Å². The zero-order valence-corrected chi connectivity index (χ0v) is 20.0. The minimum absolute atomic E-state index is 0.113. The number of aromatic nitrogens is 1. The molecule has 1 N–H and O–H groups in total. The minimum atomic E-state index is -0.445. The molecule has 0 aliphatic carbocycles. The summed E-state index contributed by atoms with van der Waals surface area (Å²) in [5.74, 6) is -0.557. The molecule has 0 bridgehead atoms. The largest absolute Gasteiger partial charge is 0.458 e. The molecule has 34 heavy (non-hydrogen) atoms. The second kappa shape index (κ2) is 10.5. The standard InChI is InChI=1S/C26H26N4O3S/c1-4-13-33-25(32)23-18(3)29-26-30(24(23)20-7-5-17(2)6-8-20)21(16-34-26)14-22(31)28-15-19-9-11-27-12-10-19/h4-12,16,24H,1,13-15H2,2-3H3,(H,28,31). The van der Waals surface area contributed by atoms with Crippen molar-refractivity contribution >= 4 is 28.8 Å². The molecule has 0 saturated carbocycles. The number of ether oxygens (including phenoxy) is 1. The average molecular weight is 475 g/mol. The number of nitrogens with zero attached hydrogens (tertiary/aromatic N) is 3. The Labute approximate surface area is 203 Å². The molecule has 1 aromatic carbocycles. The number of benzene rings is 1. The number of rotatable bonds is 8. The van der Waals surface area contributed by atoms with E-state index >= 15 is 0 Å². The smallest absolute Gasteiger partial charge is 0.338 e. The van der Waals surface area contributed by atoms with Gasteiger partial charge in [0.25, 0.3) is 0 Å². The third-order valence-corrected chi connectivity index (χ3v) is 6.42. The van der Waals surface area contributed by atoms with Crippen LogP contribution in [0.15, 0.2) is 88.8 Å². The molecular weight excluding hydrogens is 448 g/mol. The molecule has 0 saturated heterocycles. The fourth-order valence-corrected chi connectivity index (χ4v) is 4.80. The molecule has 2 aliphatic heterocycles. The van der Waals surface area contributed by atoms with E-state index in [9.17, 15) is 9.59 Å². The maximum Gasteiger partial charge on any atom is 0.338 e. The Bertz CT molecular complexity index is 1190. The number of amidine groups is 1. The van der Waals surface area contributed by atoms with Gasteiger partial charge in [0, 0.05) is 24.6 Å². The van der Waals surface area contributed by atoms with Gasteiger partial charge < -0.3 is 15.0 Å². The van der Waals surface area contributed by atoms with Gasteiger partial charge in [-0.15, -0.1) is 0 Å². The minimum Gasteiger partial charge on any atom is -0.458 e. The number of carbonyl (C=O) groups is 2. The summed E-state index contributed by atoms with van der Waals surface area (Å²) in [4.78, 5) is 36.5. The number of hydrogen-bond donors (Lipinski definition) is 1. The van der Waals surface area contributed by atoms with Crippen LogP contribution in [0, 0.1) is 6.92 Å². The molecule has 1 unspecified atom stereocenters. The zero-order valence-electron chi connectivity index (χ0n) is 19.2. The van der Waals surface area contributed by atoms with Crippen LogP contribution in [0.4, 0.5) is 0 Å². The van der Waals surface area contributed by atoms with Crippen molar-refractivity contribution < 1.29 is 14.3 Å². The molecule has 4 rings (SSSR count). The molecule has 0 fully saturated rings. The molecule has 7 nitrogen and oxygen atoms in total. The van der Waals surface area contributed by atoms with Crippen LogP contribution in [0.25, 0.3) is 0 Å². The molecule has 2 aromatic rings. The fraction of sp³-hybridized carbons (Fsp3) is 0.231. The Hall–Kier alpha value is -3.65. The van der Waals surface area contributed by atoms with Gasteiger partial charge in [-0.1, -0.05) is 54.2 Å². The molecule has 174 valence electrons. The first-order valence-electron chi connectivity index (χ1n) is 10.9. The summed E-state index contributed by atoms with van der Waals surface area (Å²) < 4.78 is 5.41. The summed E-state index contributed by atoms with van der Waals surface area (Å²) in [6, 6.07) is 11.3. The molecule has 2 aliphatic rings. The number of allylic oxidation sites excluding steroid dienone is 1. The van der Waals surface area contributed by atoms with E-state index in [1.807, 2.05) is 60.6 Å². The van der Waals surface area contributed by atoms with Crippen LogP contribution in [0.2, 0.25) is 0 Å². The van der Waals surface area contributed by atoms with E-state index in [0.717, 1.165) is 27.6 Å². The molecule has 1 atom stereocenters. The lowest BCUT2D eigenvalue weighted by atomic mass is 9.93. The molecular formula is C26H26N4O3S. The van der Waals surface area contributed by atoms with Gasteiger partial charge in [0.2, 0.25) is 5.91 Å². The maximum atomic E-state index is 13.1.